The summed E-state index contributed by atoms with van der Waals surface area (Å²) in [6.07, 6.45) is 2.02. The summed E-state index contributed by atoms with van der Waals surface area (Å²) >= 11 is 0. The zero-order chi connectivity index (χ0) is 15.5. The molecule has 4 nitrogen and oxygen atoms in total. The van der Waals surface area contributed by atoms with Gasteiger partial charge in [-0.15, -0.1) is 0 Å². The normalized spacial score (nSPS) is 11.1. The second-order valence-electron chi connectivity index (χ2n) is 4.83. The molecule has 0 atom stereocenters. The molecule has 0 aliphatic rings. The van der Waals surface area contributed by atoms with E-state index in [1.54, 1.807) is 24.3 Å². The molecule has 1 N–H and O–H groups in total. The summed E-state index contributed by atoms with van der Waals surface area (Å²) in [6, 6.07) is 13.9. The van der Waals surface area contributed by atoms with Crippen molar-refractivity contribution >= 4 is 21.5 Å². The summed E-state index contributed by atoms with van der Waals surface area (Å²) in [5.41, 5.74) is 2.77. The lowest BCUT2D eigenvalue weighted by Crippen LogP contribution is -2.09. The first-order valence-electron chi connectivity index (χ1n) is 6.60. The van der Waals surface area contributed by atoms with Gasteiger partial charge in [0.05, 0.1) is 6.26 Å². The van der Waals surface area contributed by atoms with Gasteiger partial charge in [-0.05, 0) is 36.2 Å². The van der Waals surface area contributed by atoms with Gasteiger partial charge < -0.3 is 0 Å². The monoisotopic (exact) mass is 303 g/mol. The zero-order valence-electron chi connectivity index (χ0n) is 12.0. The number of benzene rings is 2. The molecule has 0 unspecified atom stereocenters. The second kappa shape index (κ2) is 6.10. The van der Waals surface area contributed by atoms with Crippen molar-refractivity contribution in [2.24, 2.45) is 0 Å². The van der Waals surface area contributed by atoms with Crippen molar-refractivity contribution in [3.05, 3.63) is 65.2 Å². The molecule has 110 valence electrons. The van der Waals surface area contributed by atoms with Crippen LogP contribution in [0.2, 0.25) is 0 Å². The molecule has 0 saturated heterocycles. The van der Waals surface area contributed by atoms with Gasteiger partial charge in [-0.25, -0.2) is 8.42 Å². The van der Waals surface area contributed by atoms with Crippen LogP contribution in [-0.4, -0.2) is 20.5 Å². The van der Waals surface area contributed by atoms with Crippen molar-refractivity contribution in [3.8, 4) is 0 Å². The van der Waals surface area contributed by atoms with E-state index in [4.69, 9.17) is 0 Å². The quantitative estimate of drug-likeness (QED) is 0.864. The van der Waals surface area contributed by atoms with Crippen LogP contribution in [0.5, 0.6) is 0 Å². The maximum atomic E-state index is 12.3. The topological polar surface area (TPSA) is 63.2 Å². The molecule has 2 aromatic carbocycles. The molecule has 0 aromatic heterocycles. The minimum Gasteiger partial charge on any atom is -0.289 e. The first-order chi connectivity index (χ1) is 9.89. The number of carbonyl (C=O) groups is 1. The van der Waals surface area contributed by atoms with Gasteiger partial charge in [0.2, 0.25) is 10.0 Å². The Balaban J connectivity index is 2.19. The van der Waals surface area contributed by atoms with Gasteiger partial charge in [-0.2, -0.15) is 0 Å². The number of carbonyl (C=O) groups excluding carboxylic acids is 1. The number of hydrogen-bond donors (Lipinski definition) is 1. The highest BCUT2D eigenvalue weighted by Gasteiger charge is 2.09. The Hall–Kier alpha value is -2.14. The summed E-state index contributed by atoms with van der Waals surface area (Å²) in [5, 5.41) is 0. The Kier molecular flexibility index (Phi) is 4.43. The number of rotatable bonds is 5. The predicted octanol–water partition coefficient (Wildman–Crippen LogP) is 2.85. The maximum absolute atomic E-state index is 12.3. The standard InChI is InChI=1S/C16H17NO3S/c1-3-12-4-6-13(7-5-12)16(18)14-8-10-15(11-9-14)17-21(2,19)20/h4-11,17H,3H2,1-2H3. The lowest BCUT2D eigenvalue weighted by atomic mass is 10.0. The average Bonchev–Trinajstić information content (AvgIpc) is 2.46. The van der Waals surface area contributed by atoms with E-state index >= 15 is 0 Å². The number of nitrogens with one attached hydrogen (secondary N) is 1. The molecule has 5 heteroatoms. The Morgan fingerprint density at radius 1 is 0.952 bits per heavy atom. The van der Waals surface area contributed by atoms with Crippen molar-refractivity contribution in [1.29, 1.82) is 0 Å². The fourth-order valence-corrected chi connectivity index (χ4v) is 2.53. The second-order valence-corrected chi connectivity index (χ2v) is 6.58. The van der Waals surface area contributed by atoms with E-state index in [1.165, 1.54) is 5.56 Å². The first-order valence-corrected chi connectivity index (χ1v) is 8.49. The van der Waals surface area contributed by atoms with E-state index in [1.807, 2.05) is 24.3 Å². The van der Waals surface area contributed by atoms with Gasteiger partial charge in [0.25, 0.3) is 0 Å². The Morgan fingerprint density at radius 2 is 1.43 bits per heavy atom. The van der Waals surface area contributed by atoms with E-state index in [0.29, 0.717) is 16.8 Å². The van der Waals surface area contributed by atoms with Crippen LogP contribution >= 0.6 is 0 Å². The summed E-state index contributed by atoms with van der Waals surface area (Å²) in [5.74, 6) is -0.0800. The van der Waals surface area contributed by atoms with Crippen LogP contribution in [0, 0.1) is 0 Å². The van der Waals surface area contributed by atoms with Crippen molar-refractivity contribution < 1.29 is 13.2 Å². The third-order valence-corrected chi connectivity index (χ3v) is 3.68. The van der Waals surface area contributed by atoms with Gasteiger partial charge in [-0.1, -0.05) is 31.2 Å². The van der Waals surface area contributed by atoms with Crippen LogP contribution in [-0.2, 0) is 16.4 Å². The van der Waals surface area contributed by atoms with Gasteiger partial charge in [0.15, 0.2) is 5.78 Å². The molecule has 2 rings (SSSR count). The average molecular weight is 303 g/mol. The number of hydrogen-bond acceptors (Lipinski definition) is 3. The molecule has 0 saturated carbocycles. The molecule has 0 radical (unpaired) electrons. The summed E-state index contributed by atoms with van der Waals surface area (Å²) in [6.45, 7) is 2.06. The van der Waals surface area contributed by atoms with Crippen LogP contribution in [0.1, 0.15) is 28.4 Å². The van der Waals surface area contributed by atoms with Crippen LogP contribution in [0.4, 0.5) is 5.69 Å². The molecular formula is C16H17NO3S. The van der Waals surface area contributed by atoms with Gasteiger partial charge >= 0.3 is 0 Å². The highest BCUT2D eigenvalue weighted by molar-refractivity contribution is 7.92. The lowest BCUT2D eigenvalue weighted by Gasteiger charge is -2.06. The van der Waals surface area contributed by atoms with Gasteiger partial charge in [-0.3, -0.25) is 9.52 Å². The van der Waals surface area contributed by atoms with Crippen molar-refractivity contribution in [1.82, 2.24) is 0 Å². The molecule has 0 bridgehead atoms. The van der Waals surface area contributed by atoms with Crippen LogP contribution in [0.3, 0.4) is 0 Å². The number of ketones is 1. The number of sulfonamides is 1. The fourth-order valence-electron chi connectivity index (χ4n) is 1.96. The lowest BCUT2D eigenvalue weighted by molar-refractivity contribution is 0.103. The molecule has 0 spiro atoms. The third-order valence-electron chi connectivity index (χ3n) is 3.07. The van der Waals surface area contributed by atoms with E-state index in [-0.39, 0.29) is 5.78 Å². The van der Waals surface area contributed by atoms with Crippen molar-refractivity contribution in [3.63, 3.8) is 0 Å². The molecule has 0 aliphatic carbocycles. The van der Waals surface area contributed by atoms with E-state index in [9.17, 15) is 13.2 Å². The largest absolute Gasteiger partial charge is 0.289 e. The fraction of sp³-hybridized carbons (Fsp3) is 0.188. The SMILES string of the molecule is CCc1ccc(C(=O)c2ccc(NS(C)(=O)=O)cc2)cc1. The Bertz CT molecular complexity index is 732. The molecule has 21 heavy (non-hydrogen) atoms. The predicted molar refractivity (Wildman–Crippen MR) is 84.2 cm³/mol. The van der Waals surface area contributed by atoms with Gasteiger partial charge in [0.1, 0.15) is 0 Å². The van der Waals surface area contributed by atoms with Crippen LogP contribution in [0.25, 0.3) is 0 Å². The molecular weight excluding hydrogens is 286 g/mol. The van der Waals surface area contributed by atoms with E-state index in [2.05, 4.69) is 11.6 Å². The van der Waals surface area contributed by atoms with Crippen LogP contribution in [0.15, 0.2) is 48.5 Å². The highest BCUT2D eigenvalue weighted by atomic mass is 32.2. The highest BCUT2D eigenvalue weighted by Crippen LogP contribution is 2.15. The third kappa shape index (κ3) is 4.16. The van der Waals surface area contributed by atoms with Crippen molar-refractivity contribution in [2.75, 3.05) is 11.0 Å². The maximum Gasteiger partial charge on any atom is 0.229 e. The minimum absolute atomic E-state index is 0.0800. The smallest absolute Gasteiger partial charge is 0.229 e. The minimum atomic E-state index is -3.31. The number of aryl methyl sites for hydroxylation is 1. The summed E-state index contributed by atoms with van der Waals surface area (Å²) < 4.78 is 24.6. The Morgan fingerprint density at radius 3 is 1.86 bits per heavy atom. The van der Waals surface area contributed by atoms with Crippen LogP contribution < -0.4 is 4.72 Å². The molecule has 2 aromatic rings. The van der Waals surface area contributed by atoms with Crippen molar-refractivity contribution in [2.45, 2.75) is 13.3 Å². The number of anilines is 1. The molecule has 0 aliphatic heterocycles. The zero-order valence-corrected chi connectivity index (χ0v) is 12.8. The summed E-state index contributed by atoms with van der Waals surface area (Å²) in [7, 11) is -3.31. The molecule has 0 amide bonds. The van der Waals surface area contributed by atoms with Gasteiger partial charge in [0, 0.05) is 16.8 Å². The van der Waals surface area contributed by atoms with E-state index < -0.39 is 10.0 Å². The first kappa shape index (κ1) is 15.3. The summed E-state index contributed by atoms with van der Waals surface area (Å²) in [4.78, 5) is 12.3. The molecule has 0 heterocycles. The molecule has 0 fully saturated rings. The Labute approximate surface area is 124 Å². The van der Waals surface area contributed by atoms with E-state index in [0.717, 1.165) is 12.7 Å².